The van der Waals surface area contributed by atoms with Crippen LogP contribution in [0, 0.1) is 0 Å². The molecule has 1 aliphatic heterocycles. The summed E-state index contributed by atoms with van der Waals surface area (Å²) in [5, 5.41) is 9.29. The van der Waals surface area contributed by atoms with Crippen molar-refractivity contribution in [3.63, 3.8) is 0 Å². The Labute approximate surface area is 176 Å². The lowest BCUT2D eigenvalue weighted by Gasteiger charge is -2.34. The van der Waals surface area contributed by atoms with E-state index in [0.717, 1.165) is 34.1 Å². The maximum absolute atomic E-state index is 12.5. The largest absolute Gasteiger partial charge is 0.390 e. The third-order valence-corrected chi connectivity index (χ3v) is 8.03. The summed E-state index contributed by atoms with van der Waals surface area (Å²) < 4.78 is 52.9. The number of carbonyl (C=O) groups excluding carboxylic acids is 1. The van der Waals surface area contributed by atoms with Crippen LogP contribution >= 0.6 is 0 Å². The Morgan fingerprint density at radius 1 is 0.933 bits per heavy atom. The number of hydrogen-bond donors (Lipinski definition) is 2. The molecule has 2 N–H and O–H groups in total. The molecule has 1 saturated heterocycles. The summed E-state index contributed by atoms with van der Waals surface area (Å²) in [4.78, 5) is 12.1. The highest BCUT2D eigenvalue weighted by molar-refractivity contribution is 7.90. The SMILES string of the molecule is CC(C)(C)c1ccc(C(=O)NS(=O)(=O)c2ccc(S(=O)(=O)N3CC(O)C3)cc2)cc1. The fourth-order valence-electron chi connectivity index (χ4n) is 2.91. The predicted octanol–water partition coefficient (Wildman–Crippen LogP) is 1.47. The van der Waals surface area contributed by atoms with Crippen molar-refractivity contribution < 1.29 is 26.7 Å². The van der Waals surface area contributed by atoms with Crippen molar-refractivity contribution in [1.82, 2.24) is 9.03 Å². The van der Waals surface area contributed by atoms with Crippen LogP contribution in [0.3, 0.4) is 0 Å². The van der Waals surface area contributed by atoms with E-state index in [0.29, 0.717) is 0 Å². The second-order valence-electron chi connectivity index (χ2n) is 8.21. The van der Waals surface area contributed by atoms with E-state index >= 15 is 0 Å². The molecule has 1 amide bonds. The van der Waals surface area contributed by atoms with Crippen molar-refractivity contribution in [2.75, 3.05) is 13.1 Å². The molecular formula is C20H24N2O6S2. The van der Waals surface area contributed by atoms with E-state index < -0.39 is 32.1 Å². The Hall–Kier alpha value is -2.27. The zero-order chi connectivity index (χ0) is 22.3. The molecule has 8 nitrogen and oxygen atoms in total. The van der Waals surface area contributed by atoms with Gasteiger partial charge in [-0.1, -0.05) is 32.9 Å². The second kappa shape index (κ2) is 7.77. The van der Waals surface area contributed by atoms with Gasteiger partial charge in [0.15, 0.2) is 0 Å². The normalized spacial score (nSPS) is 16.1. The molecule has 2 aromatic rings. The van der Waals surface area contributed by atoms with E-state index in [2.05, 4.69) is 0 Å². The first-order valence-corrected chi connectivity index (χ1v) is 12.2. The molecule has 0 saturated carbocycles. The molecule has 0 bridgehead atoms. The van der Waals surface area contributed by atoms with Gasteiger partial charge in [-0.05, 0) is 47.4 Å². The average Bonchev–Trinajstić information content (AvgIpc) is 2.64. The molecule has 0 radical (unpaired) electrons. The minimum absolute atomic E-state index is 0.00639. The summed E-state index contributed by atoms with van der Waals surface area (Å²) in [6.45, 7) is 6.10. The van der Waals surface area contributed by atoms with E-state index in [1.807, 2.05) is 25.5 Å². The number of nitrogens with one attached hydrogen (secondary N) is 1. The predicted molar refractivity (Wildman–Crippen MR) is 111 cm³/mol. The quantitative estimate of drug-likeness (QED) is 0.709. The van der Waals surface area contributed by atoms with Crippen LogP contribution in [0.5, 0.6) is 0 Å². The highest BCUT2D eigenvalue weighted by Crippen LogP contribution is 2.24. The van der Waals surface area contributed by atoms with Gasteiger partial charge in [0.25, 0.3) is 15.9 Å². The summed E-state index contributed by atoms with van der Waals surface area (Å²) in [7, 11) is -7.97. The van der Waals surface area contributed by atoms with Crippen molar-refractivity contribution in [2.24, 2.45) is 0 Å². The van der Waals surface area contributed by atoms with Crippen LogP contribution in [-0.4, -0.2) is 51.3 Å². The molecule has 2 aromatic carbocycles. The minimum Gasteiger partial charge on any atom is -0.390 e. The number of aliphatic hydroxyl groups excluding tert-OH is 1. The molecule has 0 unspecified atom stereocenters. The Bertz CT molecular complexity index is 1140. The Balaban J connectivity index is 1.75. The van der Waals surface area contributed by atoms with Crippen LogP contribution in [-0.2, 0) is 25.5 Å². The fourth-order valence-corrected chi connectivity index (χ4v) is 5.40. The van der Waals surface area contributed by atoms with Gasteiger partial charge in [0.1, 0.15) is 0 Å². The maximum Gasteiger partial charge on any atom is 0.264 e. The Morgan fingerprint density at radius 3 is 1.90 bits per heavy atom. The van der Waals surface area contributed by atoms with Gasteiger partial charge in [0.2, 0.25) is 10.0 Å². The van der Waals surface area contributed by atoms with Crippen LogP contribution in [0.4, 0.5) is 0 Å². The third kappa shape index (κ3) is 4.56. The number of nitrogens with zero attached hydrogens (tertiary/aromatic N) is 1. The zero-order valence-corrected chi connectivity index (χ0v) is 18.5. The first-order valence-electron chi connectivity index (χ1n) is 9.27. The van der Waals surface area contributed by atoms with Gasteiger partial charge >= 0.3 is 0 Å². The van der Waals surface area contributed by atoms with Crippen LogP contribution in [0.15, 0.2) is 58.3 Å². The zero-order valence-electron chi connectivity index (χ0n) is 16.9. The van der Waals surface area contributed by atoms with E-state index in [-0.39, 0.29) is 33.9 Å². The van der Waals surface area contributed by atoms with E-state index in [1.54, 1.807) is 24.3 Å². The Morgan fingerprint density at radius 2 is 1.43 bits per heavy atom. The van der Waals surface area contributed by atoms with Crippen molar-refractivity contribution in [3.05, 3.63) is 59.7 Å². The van der Waals surface area contributed by atoms with Gasteiger partial charge in [0, 0.05) is 18.7 Å². The number of β-amino-alcohol motifs (C(OH)–C–C–N with tert-alkyl or cyclic N) is 1. The number of aliphatic hydroxyl groups is 1. The lowest BCUT2D eigenvalue weighted by atomic mass is 9.87. The van der Waals surface area contributed by atoms with Crippen LogP contribution in [0.2, 0.25) is 0 Å². The molecule has 162 valence electrons. The molecule has 30 heavy (non-hydrogen) atoms. The monoisotopic (exact) mass is 452 g/mol. The van der Waals surface area contributed by atoms with Gasteiger partial charge in [-0.3, -0.25) is 4.79 Å². The molecule has 0 atom stereocenters. The van der Waals surface area contributed by atoms with E-state index in [1.165, 1.54) is 0 Å². The number of hydrogen-bond acceptors (Lipinski definition) is 6. The second-order valence-corrected chi connectivity index (χ2v) is 11.8. The summed E-state index contributed by atoms with van der Waals surface area (Å²) >= 11 is 0. The van der Waals surface area contributed by atoms with Gasteiger partial charge in [0.05, 0.1) is 15.9 Å². The van der Waals surface area contributed by atoms with Crippen molar-refractivity contribution in [3.8, 4) is 0 Å². The molecule has 1 fully saturated rings. The number of amides is 1. The topological polar surface area (TPSA) is 121 Å². The molecule has 0 spiro atoms. The molecule has 0 aromatic heterocycles. The van der Waals surface area contributed by atoms with Gasteiger partial charge in [-0.15, -0.1) is 0 Å². The maximum atomic E-state index is 12.5. The molecule has 10 heteroatoms. The third-order valence-electron chi connectivity index (χ3n) is 4.84. The first-order chi connectivity index (χ1) is 13.8. The van der Waals surface area contributed by atoms with Crippen LogP contribution in [0.1, 0.15) is 36.7 Å². The molecule has 0 aliphatic carbocycles. The van der Waals surface area contributed by atoms with Gasteiger partial charge < -0.3 is 5.11 Å². The summed E-state index contributed by atoms with van der Waals surface area (Å²) in [5.41, 5.74) is 1.10. The van der Waals surface area contributed by atoms with Gasteiger partial charge in [-0.25, -0.2) is 21.6 Å². The van der Waals surface area contributed by atoms with Crippen molar-refractivity contribution in [2.45, 2.75) is 42.1 Å². The highest BCUT2D eigenvalue weighted by atomic mass is 32.2. The number of sulfonamides is 2. The van der Waals surface area contributed by atoms with E-state index in [9.17, 15) is 26.7 Å². The van der Waals surface area contributed by atoms with Crippen molar-refractivity contribution >= 4 is 26.0 Å². The smallest absolute Gasteiger partial charge is 0.264 e. The summed E-state index contributed by atoms with van der Waals surface area (Å²) in [6.07, 6.45) is -0.688. The Kier molecular flexibility index (Phi) is 5.80. The first kappa shape index (κ1) is 22.4. The van der Waals surface area contributed by atoms with E-state index in [4.69, 9.17) is 0 Å². The standard InChI is InChI=1S/C20H24N2O6S2/c1-20(2,3)15-6-4-14(5-7-15)19(24)21-29(25,26)17-8-10-18(11-9-17)30(27,28)22-12-16(23)13-22/h4-11,16,23H,12-13H2,1-3H3,(H,21,24). The summed E-state index contributed by atoms with van der Waals surface area (Å²) in [6, 6.07) is 11.2. The molecule has 1 heterocycles. The fraction of sp³-hybridized carbons (Fsp3) is 0.350. The molecule has 1 aliphatic rings. The highest BCUT2D eigenvalue weighted by Gasteiger charge is 2.35. The molecule has 3 rings (SSSR count). The van der Waals surface area contributed by atoms with Gasteiger partial charge in [-0.2, -0.15) is 4.31 Å². The lowest BCUT2D eigenvalue weighted by molar-refractivity contribution is 0.0548. The van der Waals surface area contributed by atoms with Crippen LogP contribution in [0.25, 0.3) is 0 Å². The average molecular weight is 453 g/mol. The van der Waals surface area contributed by atoms with Crippen LogP contribution < -0.4 is 4.72 Å². The number of rotatable bonds is 5. The van der Waals surface area contributed by atoms with Crippen molar-refractivity contribution in [1.29, 1.82) is 0 Å². The number of carbonyl (C=O) groups is 1. The summed E-state index contributed by atoms with van der Waals surface area (Å²) in [5.74, 6) is -0.776. The number of benzene rings is 2. The molecular weight excluding hydrogens is 428 g/mol. The minimum atomic E-state index is -4.18. The lowest BCUT2D eigenvalue weighted by Crippen LogP contribution is -2.53.